The van der Waals surface area contributed by atoms with Crippen molar-refractivity contribution >= 4 is 11.6 Å². The zero-order valence-electron chi connectivity index (χ0n) is 9.33. The summed E-state index contributed by atoms with van der Waals surface area (Å²) < 4.78 is 5.26. The van der Waals surface area contributed by atoms with Crippen molar-refractivity contribution in [3.63, 3.8) is 0 Å². The fraction of sp³-hybridized carbons (Fsp3) is 0.600. The van der Waals surface area contributed by atoms with Gasteiger partial charge in [-0.1, -0.05) is 0 Å². The number of rotatable bonds is 4. The van der Waals surface area contributed by atoms with Gasteiger partial charge < -0.3 is 10.1 Å². The molecule has 1 aromatic heterocycles. The third-order valence-electron chi connectivity index (χ3n) is 2.74. The van der Waals surface area contributed by atoms with E-state index in [0.29, 0.717) is 11.9 Å². The van der Waals surface area contributed by atoms with Gasteiger partial charge in [0.2, 0.25) is 5.95 Å². The van der Waals surface area contributed by atoms with E-state index in [2.05, 4.69) is 15.3 Å². The molecule has 0 amide bonds. The summed E-state index contributed by atoms with van der Waals surface area (Å²) in [6.45, 7) is 2.38. The van der Waals surface area contributed by atoms with Crippen molar-refractivity contribution in [3.8, 4) is 0 Å². The first-order valence-electron chi connectivity index (χ1n) is 5.54. The van der Waals surface area contributed by atoms with Crippen molar-refractivity contribution in [1.82, 2.24) is 9.97 Å². The van der Waals surface area contributed by atoms with Crippen LogP contribution < -0.4 is 5.32 Å². The maximum Gasteiger partial charge on any atom is 0.305 e. The molecule has 2 heterocycles. The summed E-state index contributed by atoms with van der Waals surface area (Å²) in [6, 6.07) is 0. The monoisotopic (exact) mass is 238 g/mol. The molecular formula is C10H14N4O3. The Kier molecular flexibility index (Phi) is 3.81. The Hall–Kier alpha value is -1.76. The van der Waals surface area contributed by atoms with Crippen molar-refractivity contribution in [1.29, 1.82) is 0 Å². The number of anilines is 1. The van der Waals surface area contributed by atoms with E-state index < -0.39 is 4.92 Å². The van der Waals surface area contributed by atoms with Crippen LogP contribution in [0.4, 0.5) is 11.6 Å². The van der Waals surface area contributed by atoms with Crippen LogP contribution in [0.5, 0.6) is 0 Å². The SMILES string of the molecule is O=[N+]([O-])c1cnc(NCC2CCOCC2)nc1. The standard InChI is InChI=1S/C10H14N4O3/c15-14(16)9-6-12-10(13-7-9)11-5-8-1-3-17-4-2-8/h6-8H,1-5H2,(H,11,12,13). The van der Waals surface area contributed by atoms with Gasteiger partial charge in [-0.15, -0.1) is 0 Å². The quantitative estimate of drug-likeness (QED) is 0.626. The zero-order chi connectivity index (χ0) is 12.1. The molecule has 0 radical (unpaired) electrons. The molecule has 0 unspecified atom stereocenters. The lowest BCUT2D eigenvalue weighted by Gasteiger charge is -2.21. The number of nitrogens with zero attached hydrogens (tertiary/aromatic N) is 3. The lowest BCUT2D eigenvalue weighted by atomic mass is 10.0. The Balaban J connectivity index is 1.84. The van der Waals surface area contributed by atoms with Crippen molar-refractivity contribution in [2.75, 3.05) is 25.1 Å². The third-order valence-corrected chi connectivity index (χ3v) is 2.74. The summed E-state index contributed by atoms with van der Waals surface area (Å²) in [5, 5.41) is 13.5. The third kappa shape index (κ3) is 3.35. The van der Waals surface area contributed by atoms with Gasteiger partial charge >= 0.3 is 5.69 Å². The summed E-state index contributed by atoms with van der Waals surface area (Å²) in [5.74, 6) is 0.990. The molecule has 1 aliphatic heterocycles. The van der Waals surface area contributed by atoms with Gasteiger partial charge in [-0.2, -0.15) is 0 Å². The molecule has 17 heavy (non-hydrogen) atoms. The second-order valence-corrected chi connectivity index (χ2v) is 3.96. The van der Waals surface area contributed by atoms with E-state index in [1.54, 1.807) is 0 Å². The molecule has 0 bridgehead atoms. The van der Waals surface area contributed by atoms with E-state index >= 15 is 0 Å². The molecule has 1 aliphatic rings. The highest BCUT2D eigenvalue weighted by Gasteiger charge is 2.14. The number of ether oxygens (including phenoxy) is 1. The van der Waals surface area contributed by atoms with E-state index in [-0.39, 0.29) is 5.69 Å². The number of aromatic nitrogens is 2. The molecule has 1 saturated heterocycles. The first kappa shape index (κ1) is 11.7. The van der Waals surface area contributed by atoms with Gasteiger partial charge in [-0.05, 0) is 18.8 Å². The van der Waals surface area contributed by atoms with E-state index in [4.69, 9.17) is 4.74 Å². The molecule has 1 aromatic rings. The maximum absolute atomic E-state index is 10.4. The second-order valence-electron chi connectivity index (χ2n) is 3.96. The Bertz CT molecular complexity index is 376. The minimum absolute atomic E-state index is 0.0957. The fourth-order valence-corrected chi connectivity index (χ4v) is 1.69. The van der Waals surface area contributed by atoms with Gasteiger partial charge in [-0.3, -0.25) is 10.1 Å². The van der Waals surface area contributed by atoms with Crippen molar-refractivity contribution in [2.24, 2.45) is 5.92 Å². The molecule has 2 rings (SSSR count). The van der Waals surface area contributed by atoms with Crippen molar-refractivity contribution in [2.45, 2.75) is 12.8 Å². The molecule has 0 aromatic carbocycles. The molecule has 0 atom stereocenters. The van der Waals surface area contributed by atoms with E-state index in [9.17, 15) is 10.1 Å². The van der Waals surface area contributed by atoms with Crippen LogP contribution in [0.2, 0.25) is 0 Å². The molecule has 7 heteroatoms. The average Bonchev–Trinajstić information content (AvgIpc) is 2.38. The number of nitrogens with one attached hydrogen (secondary N) is 1. The lowest BCUT2D eigenvalue weighted by Crippen LogP contribution is -2.23. The van der Waals surface area contributed by atoms with Crippen LogP contribution in [0.25, 0.3) is 0 Å². The van der Waals surface area contributed by atoms with Gasteiger partial charge in [0.1, 0.15) is 12.4 Å². The molecule has 92 valence electrons. The lowest BCUT2D eigenvalue weighted by molar-refractivity contribution is -0.385. The fourth-order valence-electron chi connectivity index (χ4n) is 1.69. The first-order chi connectivity index (χ1) is 8.25. The number of hydrogen-bond donors (Lipinski definition) is 1. The molecule has 0 spiro atoms. The molecule has 1 fully saturated rings. The van der Waals surface area contributed by atoms with Crippen LogP contribution >= 0.6 is 0 Å². The van der Waals surface area contributed by atoms with E-state index in [1.807, 2.05) is 0 Å². The first-order valence-corrected chi connectivity index (χ1v) is 5.54. The van der Waals surface area contributed by atoms with Gasteiger partial charge in [0.15, 0.2) is 0 Å². The molecule has 1 N–H and O–H groups in total. The smallest absolute Gasteiger partial charge is 0.305 e. The highest BCUT2D eigenvalue weighted by molar-refractivity contribution is 5.30. The summed E-state index contributed by atoms with van der Waals surface area (Å²) in [4.78, 5) is 17.7. The normalized spacial score (nSPS) is 16.7. The largest absolute Gasteiger partial charge is 0.381 e. The zero-order valence-corrected chi connectivity index (χ0v) is 9.33. The van der Waals surface area contributed by atoms with E-state index in [1.165, 1.54) is 12.4 Å². The Labute approximate surface area is 98.4 Å². The summed E-state index contributed by atoms with van der Waals surface area (Å²) in [5.41, 5.74) is -0.0957. The number of nitro groups is 1. The van der Waals surface area contributed by atoms with Crippen molar-refractivity contribution < 1.29 is 9.66 Å². The summed E-state index contributed by atoms with van der Waals surface area (Å²) >= 11 is 0. The minimum atomic E-state index is -0.512. The van der Waals surface area contributed by atoms with Gasteiger partial charge in [-0.25, -0.2) is 9.97 Å². The molecule has 0 aliphatic carbocycles. The highest BCUT2D eigenvalue weighted by atomic mass is 16.6. The van der Waals surface area contributed by atoms with Gasteiger partial charge in [0, 0.05) is 19.8 Å². The Morgan fingerprint density at radius 3 is 2.65 bits per heavy atom. The predicted molar refractivity (Wildman–Crippen MR) is 60.7 cm³/mol. The molecular weight excluding hydrogens is 224 g/mol. The highest BCUT2D eigenvalue weighted by Crippen LogP contribution is 2.15. The van der Waals surface area contributed by atoms with Crippen molar-refractivity contribution in [3.05, 3.63) is 22.5 Å². The minimum Gasteiger partial charge on any atom is -0.381 e. The van der Waals surface area contributed by atoms with Crippen LogP contribution in [-0.4, -0.2) is 34.6 Å². The van der Waals surface area contributed by atoms with Crippen LogP contribution in [-0.2, 0) is 4.74 Å². The van der Waals surface area contributed by atoms with Gasteiger partial charge in [0.05, 0.1) is 4.92 Å². The maximum atomic E-state index is 10.4. The molecule has 0 saturated carbocycles. The molecule has 7 nitrogen and oxygen atoms in total. The van der Waals surface area contributed by atoms with Crippen LogP contribution in [0.1, 0.15) is 12.8 Å². The van der Waals surface area contributed by atoms with Gasteiger partial charge in [0.25, 0.3) is 0 Å². The average molecular weight is 238 g/mol. The van der Waals surface area contributed by atoms with Crippen LogP contribution in [0, 0.1) is 16.0 Å². The Morgan fingerprint density at radius 1 is 1.41 bits per heavy atom. The number of hydrogen-bond acceptors (Lipinski definition) is 6. The van der Waals surface area contributed by atoms with Crippen LogP contribution in [0.3, 0.4) is 0 Å². The van der Waals surface area contributed by atoms with E-state index in [0.717, 1.165) is 32.6 Å². The van der Waals surface area contributed by atoms with Crippen LogP contribution in [0.15, 0.2) is 12.4 Å². The Morgan fingerprint density at radius 2 is 2.06 bits per heavy atom. The summed E-state index contributed by atoms with van der Waals surface area (Å²) in [6.07, 6.45) is 4.47. The topological polar surface area (TPSA) is 90.2 Å². The summed E-state index contributed by atoms with van der Waals surface area (Å²) in [7, 11) is 0. The predicted octanol–water partition coefficient (Wildman–Crippen LogP) is 1.22. The second kappa shape index (κ2) is 5.53.